The minimum absolute atomic E-state index is 0.122. The fraction of sp³-hybridized carbons (Fsp3) is 0.600. The van der Waals surface area contributed by atoms with Crippen LogP contribution < -0.4 is 14.8 Å². The fourth-order valence-electron chi connectivity index (χ4n) is 1.93. The highest BCUT2D eigenvalue weighted by molar-refractivity contribution is 5.43. The van der Waals surface area contributed by atoms with E-state index in [1.54, 1.807) is 21.3 Å². The van der Waals surface area contributed by atoms with Crippen molar-refractivity contribution in [3.63, 3.8) is 0 Å². The third kappa shape index (κ3) is 5.00. The Morgan fingerprint density at radius 1 is 1.05 bits per heavy atom. The summed E-state index contributed by atoms with van der Waals surface area (Å²) in [5, 5.41) is 3.40. The Morgan fingerprint density at radius 3 is 2.40 bits per heavy atom. The summed E-state index contributed by atoms with van der Waals surface area (Å²) in [5.74, 6) is 1.46. The van der Waals surface area contributed by atoms with Gasteiger partial charge in [0.2, 0.25) is 0 Å². The zero-order valence-electron chi connectivity index (χ0n) is 12.8. The topological polar surface area (TPSA) is 49.0 Å². The van der Waals surface area contributed by atoms with Gasteiger partial charge in [0.05, 0.1) is 40.1 Å². The summed E-state index contributed by atoms with van der Waals surface area (Å²) in [7, 11) is 4.94. The molecule has 0 aliphatic heterocycles. The van der Waals surface area contributed by atoms with Gasteiger partial charge in [0, 0.05) is 7.11 Å². The van der Waals surface area contributed by atoms with Crippen LogP contribution in [0.15, 0.2) is 18.2 Å². The molecule has 0 heterocycles. The standard InChI is InChI=1S/C15H25NO4/c1-5-16-13(11-20-9-8-17-2)12-6-7-14(18-3)15(10-12)19-4/h6-7,10,13,16H,5,8-9,11H2,1-4H3. The Kier molecular flexibility index (Phi) is 8.02. The van der Waals surface area contributed by atoms with E-state index in [0.29, 0.717) is 19.8 Å². The summed E-state index contributed by atoms with van der Waals surface area (Å²) in [6, 6.07) is 6.03. The van der Waals surface area contributed by atoms with Crippen LogP contribution in [0.25, 0.3) is 0 Å². The smallest absolute Gasteiger partial charge is 0.161 e. The lowest BCUT2D eigenvalue weighted by Gasteiger charge is -2.20. The molecule has 0 fully saturated rings. The maximum atomic E-state index is 5.61. The van der Waals surface area contributed by atoms with Gasteiger partial charge < -0.3 is 24.3 Å². The van der Waals surface area contributed by atoms with Gasteiger partial charge in [-0.2, -0.15) is 0 Å². The Bertz CT molecular complexity index is 384. The number of hydrogen-bond donors (Lipinski definition) is 1. The van der Waals surface area contributed by atoms with Crippen LogP contribution >= 0.6 is 0 Å². The van der Waals surface area contributed by atoms with Gasteiger partial charge in [0.1, 0.15) is 0 Å². The molecule has 1 aromatic rings. The highest BCUT2D eigenvalue weighted by atomic mass is 16.5. The molecule has 0 bridgehead atoms. The molecule has 0 aliphatic carbocycles. The number of methoxy groups -OCH3 is 3. The number of rotatable bonds is 10. The number of benzene rings is 1. The molecule has 1 aromatic carbocycles. The molecule has 114 valence electrons. The summed E-state index contributed by atoms with van der Waals surface area (Å²) < 4.78 is 21.2. The predicted octanol–water partition coefficient (Wildman–Crippen LogP) is 2.02. The van der Waals surface area contributed by atoms with E-state index in [1.807, 2.05) is 18.2 Å². The highest BCUT2D eigenvalue weighted by Crippen LogP contribution is 2.30. The van der Waals surface area contributed by atoms with Crippen LogP contribution in [0, 0.1) is 0 Å². The van der Waals surface area contributed by atoms with Gasteiger partial charge in [-0.1, -0.05) is 13.0 Å². The van der Waals surface area contributed by atoms with Gasteiger partial charge >= 0.3 is 0 Å². The van der Waals surface area contributed by atoms with E-state index in [1.165, 1.54) is 0 Å². The molecule has 5 heteroatoms. The van der Waals surface area contributed by atoms with E-state index >= 15 is 0 Å². The molecule has 0 saturated carbocycles. The molecule has 1 unspecified atom stereocenters. The van der Waals surface area contributed by atoms with Gasteiger partial charge in [-0.05, 0) is 24.2 Å². The molecule has 1 rings (SSSR count). The predicted molar refractivity (Wildman–Crippen MR) is 78.7 cm³/mol. The molecular formula is C15H25NO4. The lowest BCUT2D eigenvalue weighted by atomic mass is 10.1. The van der Waals surface area contributed by atoms with Gasteiger partial charge in [-0.3, -0.25) is 0 Å². The maximum absolute atomic E-state index is 5.61. The van der Waals surface area contributed by atoms with Crippen LogP contribution in [0.3, 0.4) is 0 Å². The Morgan fingerprint density at radius 2 is 1.80 bits per heavy atom. The minimum atomic E-state index is 0.122. The number of likely N-dealkylation sites (N-methyl/N-ethyl adjacent to an activating group) is 1. The zero-order valence-corrected chi connectivity index (χ0v) is 12.8. The van der Waals surface area contributed by atoms with Crippen LogP contribution in [0.4, 0.5) is 0 Å². The van der Waals surface area contributed by atoms with Crippen molar-refractivity contribution in [3.05, 3.63) is 23.8 Å². The van der Waals surface area contributed by atoms with Crippen LogP contribution in [0.5, 0.6) is 11.5 Å². The van der Waals surface area contributed by atoms with Crippen LogP contribution in [-0.4, -0.2) is 47.7 Å². The fourth-order valence-corrected chi connectivity index (χ4v) is 1.93. The van der Waals surface area contributed by atoms with E-state index in [9.17, 15) is 0 Å². The molecule has 1 N–H and O–H groups in total. The average molecular weight is 283 g/mol. The third-order valence-electron chi connectivity index (χ3n) is 2.98. The zero-order chi connectivity index (χ0) is 14.8. The first-order chi connectivity index (χ1) is 9.76. The van der Waals surface area contributed by atoms with Gasteiger partial charge in [0.25, 0.3) is 0 Å². The van der Waals surface area contributed by atoms with Crippen LogP contribution in [0.2, 0.25) is 0 Å². The molecule has 5 nitrogen and oxygen atoms in total. The van der Waals surface area contributed by atoms with E-state index in [-0.39, 0.29) is 6.04 Å². The van der Waals surface area contributed by atoms with Crippen LogP contribution in [0.1, 0.15) is 18.5 Å². The second kappa shape index (κ2) is 9.58. The normalized spacial score (nSPS) is 12.2. The number of hydrogen-bond acceptors (Lipinski definition) is 5. The number of ether oxygens (including phenoxy) is 4. The molecule has 0 spiro atoms. The quantitative estimate of drug-likeness (QED) is 0.666. The first kappa shape index (κ1) is 16.8. The lowest BCUT2D eigenvalue weighted by Crippen LogP contribution is -2.26. The monoisotopic (exact) mass is 283 g/mol. The molecule has 0 saturated heterocycles. The second-order valence-electron chi connectivity index (χ2n) is 4.29. The van der Waals surface area contributed by atoms with E-state index in [0.717, 1.165) is 23.6 Å². The average Bonchev–Trinajstić information content (AvgIpc) is 2.49. The van der Waals surface area contributed by atoms with Crippen molar-refractivity contribution < 1.29 is 18.9 Å². The van der Waals surface area contributed by atoms with Crippen molar-refractivity contribution in [2.75, 3.05) is 47.7 Å². The van der Waals surface area contributed by atoms with Gasteiger partial charge in [-0.25, -0.2) is 0 Å². The molecule has 0 aliphatic rings. The van der Waals surface area contributed by atoms with Crippen molar-refractivity contribution in [3.8, 4) is 11.5 Å². The third-order valence-corrected chi connectivity index (χ3v) is 2.98. The van der Waals surface area contributed by atoms with Crippen molar-refractivity contribution in [2.24, 2.45) is 0 Å². The molecular weight excluding hydrogens is 258 g/mol. The summed E-state index contributed by atoms with van der Waals surface area (Å²) in [6.45, 7) is 4.72. The van der Waals surface area contributed by atoms with Crippen molar-refractivity contribution >= 4 is 0 Å². The second-order valence-corrected chi connectivity index (χ2v) is 4.29. The maximum Gasteiger partial charge on any atom is 0.161 e. The summed E-state index contributed by atoms with van der Waals surface area (Å²) >= 11 is 0. The van der Waals surface area contributed by atoms with Gasteiger partial charge in [-0.15, -0.1) is 0 Å². The first-order valence-electron chi connectivity index (χ1n) is 6.78. The molecule has 0 amide bonds. The minimum Gasteiger partial charge on any atom is -0.493 e. The molecule has 1 atom stereocenters. The van der Waals surface area contributed by atoms with Crippen molar-refractivity contribution in [1.82, 2.24) is 5.32 Å². The highest BCUT2D eigenvalue weighted by Gasteiger charge is 2.13. The Balaban J connectivity index is 2.74. The SMILES string of the molecule is CCNC(COCCOC)c1ccc(OC)c(OC)c1. The summed E-state index contributed by atoms with van der Waals surface area (Å²) in [5.41, 5.74) is 1.11. The van der Waals surface area contributed by atoms with Crippen LogP contribution in [-0.2, 0) is 9.47 Å². The molecule has 0 aromatic heterocycles. The van der Waals surface area contributed by atoms with E-state index < -0.39 is 0 Å². The summed E-state index contributed by atoms with van der Waals surface area (Å²) in [4.78, 5) is 0. The van der Waals surface area contributed by atoms with Gasteiger partial charge in [0.15, 0.2) is 11.5 Å². The largest absolute Gasteiger partial charge is 0.493 e. The lowest BCUT2D eigenvalue weighted by molar-refractivity contribution is 0.0587. The Hall–Kier alpha value is -1.30. The van der Waals surface area contributed by atoms with Crippen molar-refractivity contribution in [1.29, 1.82) is 0 Å². The molecule has 0 radical (unpaired) electrons. The first-order valence-corrected chi connectivity index (χ1v) is 6.78. The van der Waals surface area contributed by atoms with Crippen molar-refractivity contribution in [2.45, 2.75) is 13.0 Å². The van der Waals surface area contributed by atoms with E-state index in [4.69, 9.17) is 18.9 Å². The van der Waals surface area contributed by atoms with E-state index in [2.05, 4.69) is 12.2 Å². The Labute approximate surface area is 121 Å². The number of nitrogens with one attached hydrogen (secondary N) is 1. The summed E-state index contributed by atoms with van der Waals surface area (Å²) in [6.07, 6.45) is 0. The molecule has 20 heavy (non-hydrogen) atoms.